The summed E-state index contributed by atoms with van der Waals surface area (Å²) in [5.41, 5.74) is 3.36. The van der Waals surface area contributed by atoms with E-state index >= 15 is 0 Å². The molecule has 0 saturated carbocycles. The zero-order chi connectivity index (χ0) is 30.4. The summed E-state index contributed by atoms with van der Waals surface area (Å²) in [4.78, 5) is 31.0. The highest BCUT2D eigenvalue weighted by atomic mass is 35.5. The van der Waals surface area contributed by atoms with Crippen molar-refractivity contribution in [1.29, 1.82) is 0 Å². The number of esters is 1. The van der Waals surface area contributed by atoms with Crippen LogP contribution in [0, 0.1) is 20.8 Å². The number of nitrogens with zero attached hydrogens (tertiary/aromatic N) is 4. The molecule has 0 saturated heterocycles. The number of aromatic nitrogens is 3. The van der Waals surface area contributed by atoms with E-state index < -0.39 is 17.6 Å². The first kappa shape index (κ1) is 31.8. The number of fused-ring (bicyclic) bond motifs is 3. The van der Waals surface area contributed by atoms with Gasteiger partial charge in [0.1, 0.15) is 29.1 Å². The number of carbonyl (C=O) groups is 2. The van der Waals surface area contributed by atoms with Crippen molar-refractivity contribution in [3.05, 3.63) is 62.5 Å². The van der Waals surface area contributed by atoms with Crippen LogP contribution in [0.2, 0.25) is 5.02 Å². The Labute approximate surface area is 255 Å². The van der Waals surface area contributed by atoms with Crippen LogP contribution in [-0.2, 0) is 23.8 Å². The standard InChI is InChI=1S/C30H38ClN5O5S/c1-18-19(2)42-29-26(18)27(21-8-10-22(31)11-9-21)33-23(28-35-34-20(3)36(28)29)16-24(37)32-12-15-39-13-7-14-40-17-25(38)41-30(4,5)6/h8-11,23H,7,12-17H2,1-6H3,(H,32,37). The quantitative estimate of drug-likeness (QED) is 0.223. The summed E-state index contributed by atoms with van der Waals surface area (Å²) in [7, 11) is 0. The van der Waals surface area contributed by atoms with Crippen molar-refractivity contribution < 1.29 is 23.8 Å². The minimum atomic E-state index is -0.530. The minimum Gasteiger partial charge on any atom is -0.458 e. The van der Waals surface area contributed by atoms with Gasteiger partial charge in [0.25, 0.3) is 0 Å². The molecule has 0 aliphatic carbocycles. The number of amides is 1. The van der Waals surface area contributed by atoms with Crippen molar-refractivity contribution in [3.8, 4) is 5.00 Å². The number of hydrogen-bond donors (Lipinski definition) is 1. The molecule has 1 N–H and O–H groups in total. The predicted octanol–water partition coefficient (Wildman–Crippen LogP) is 5.07. The van der Waals surface area contributed by atoms with Gasteiger partial charge < -0.3 is 19.5 Å². The number of rotatable bonds is 12. The molecule has 1 amide bonds. The fourth-order valence-electron chi connectivity index (χ4n) is 4.53. The number of ether oxygens (including phenoxy) is 3. The van der Waals surface area contributed by atoms with E-state index in [4.69, 9.17) is 30.8 Å². The maximum atomic E-state index is 13.0. The highest BCUT2D eigenvalue weighted by Crippen LogP contribution is 2.39. The molecule has 3 aromatic rings. The molecule has 1 aliphatic heterocycles. The third kappa shape index (κ3) is 8.03. The Morgan fingerprint density at radius 2 is 1.76 bits per heavy atom. The molecule has 42 heavy (non-hydrogen) atoms. The number of aryl methyl sites for hydroxylation is 2. The van der Waals surface area contributed by atoms with Gasteiger partial charge in [0, 0.05) is 40.8 Å². The molecule has 1 aliphatic rings. The summed E-state index contributed by atoms with van der Waals surface area (Å²) in [6, 6.07) is 7.07. The third-order valence-electron chi connectivity index (χ3n) is 6.52. The lowest BCUT2D eigenvalue weighted by Gasteiger charge is -2.19. The van der Waals surface area contributed by atoms with Crippen LogP contribution in [0.15, 0.2) is 29.3 Å². The number of carbonyl (C=O) groups excluding carboxylic acids is 2. The van der Waals surface area contributed by atoms with Crippen LogP contribution >= 0.6 is 22.9 Å². The van der Waals surface area contributed by atoms with E-state index in [-0.39, 0.29) is 18.9 Å². The monoisotopic (exact) mass is 615 g/mol. The summed E-state index contributed by atoms with van der Waals surface area (Å²) in [5.74, 6) is 0.832. The van der Waals surface area contributed by atoms with Crippen LogP contribution in [0.1, 0.15) is 72.9 Å². The first-order valence-corrected chi connectivity index (χ1v) is 15.1. The third-order valence-corrected chi connectivity index (χ3v) is 7.97. The molecule has 12 heteroatoms. The lowest BCUT2D eigenvalue weighted by Crippen LogP contribution is -2.29. The number of nitrogens with one attached hydrogen (secondary N) is 1. The summed E-state index contributed by atoms with van der Waals surface area (Å²) in [5, 5.41) is 13.4. The van der Waals surface area contributed by atoms with Crippen LogP contribution in [0.25, 0.3) is 5.00 Å². The van der Waals surface area contributed by atoms with Crippen molar-refractivity contribution in [2.24, 2.45) is 4.99 Å². The largest absolute Gasteiger partial charge is 0.458 e. The SMILES string of the molecule is Cc1sc2c(c1C)C(c1ccc(Cl)cc1)=NC(CC(=O)NCCOCCCOCC(=O)OC(C)(C)C)c1nnc(C)n1-2. The van der Waals surface area contributed by atoms with Crippen LogP contribution in [0.4, 0.5) is 0 Å². The first-order chi connectivity index (χ1) is 19.9. The summed E-state index contributed by atoms with van der Waals surface area (Å²) >= 11 is 7.85. The van der Waals surface area contributed by atoms with Crippen LogP contribution < -0.4 is 5.32 Å². The number of hydrogen-bond acceptors (Lipinski definition) is 9. The maximum absolute atomic E-state index is 13.0. The molecule has 1 aromatic carbocycles. The normalized spacial score (nSPS) is 14.5. The Balaban J connectivity index is 1.34. The molecule has 2 aromatic heterocycles. The lowest BCUT2D eigenvalue weighted by atomic mass is 9.99. The number of thiophene rings is 1. The first-order valence-electron chi connectivity index (χ1n) is 13.9. The van der Waals surface area contributed by atoms with E-state index in [2.05, 4.69) is 29.4 Å². The second-order valence-electron chi connectivity index (χ2n) is 11.1. The zero-order valence-electron chi connectivity index (χ0n) is 25.0. The number of halogens is 1. The second-order valence-corrected chi connectivity index (χ2v) is 12.7. The fraction of sp³-hybridized carbons (Fsp3) is 0.500. The molecule has 1 atom stereocenters. The Kier molecular flexibility index (Phi) is 10.5. The average molecular weight is 616 g/mol. The predicted molar refractivity (Wildman–Crippen MR) is 163 cm³/mol. The van der Waals surface area contributed by atoms with Gasteiger partial charge in [0.15, 0.2) is 5.82 Å². The van der Waals surface area contributed by atoms with Crippen molar-refractivity contribution >= 4 is 40.5 Å². The Bertz CT molecular complexity index is 1440. The van der Waals surface area contributed by atoms with E-state index in [1.807, 2.05) is 56.5 Å². The van der Waals surface area contributed by atoms with Gasteiger partial charge in [0.05, 0.1) is 18.7 Å². The molecule has 226 valence electrons. The van der Waals surface area contributed by atoms with E-state index in [0.29, 0.717) is 43.6 Å². The van der Waals surface area contributed by atoms with Crippen molar-refractivity contribution in [1.82, 2.24) is 20.1 Å². The molecule has 10 nitrogen and oxygen atoms in total. The number of benzene rings is 1. The minimum absolute atomic E-state index is 0.0867. The highest BCUT2D eigenvalue weighted by Gasteiger charge is 2.32. The van der Waals surface area contributed by atoms with Gasteiger partial charge in [-0.2, -0.15) is 0 Å². The zero-order valence-corrected chi connectivity index (χ0v) is 26.5. The smallest absolute Gasteiger partial charge is 0.332 e. The van der Waals surface area contributed by atoms with E-state index in [0.717, 1.165) is 33.2 Å². The topological polar surface area (TPSA) is 117 Å². The van der Waals surface area contributed by atoms with Crippen LogP contribution in [0.3, 0.4) is 0 Å². The molecule has 4 rings (SSSR count). The molecule has 3 heterocycles. The molecule has 1 unspecified atom stereocenters. The van der Waals surface area contributed by atoms with Crippen LogP contribution in [-0.4, -0.2) is 70.9 Å². The van der Waals surface area contributed by atoms with Crippen molar-refractivity contribution in [2.75, 3.05) is 33.0 Å². The van der Waals surface area contributed by atoms with Gasteiger partial charge in [-0.05, 0) is 65.7 Å². The highest BCUT2D eigenvalue weighted by molar-refractivity contribution is 7.15. The van der Waals surface area contributed by atoms with Gasteiger partial charge in [-0.3, -0.25) is 14.4 Å². The van der Waals surface area contributed by atoms with Crippen molar-refractivity contribution in [2.45, 2.75) is 66.0 Å². The molecule has 0 spiro atoms. The van der Waals surface area contributed by atoms with Gasteiger partial charge in [-0.15, -0.1) is 21.5 Å². The fourth-order valence-corrected chi connectivity index (χ4v) is 5.87. The van der Waals surface area contributed by atoms with Crippen molar-refractivity contribution in [3.63, 3.8) is 0 Å². The summed E-state index contributed by atoms with van der Waals surface area (Å²) < 4.78 is 18.2. The molecule has 0 fully saturated rings. The molecular formula is C30H38ClN5O5S. The molecule has 0 bridgehead atoms. The van der Waals surface area contributed by atoms with E-state index in [9.17, 15) is 9.59 Å². The average Bonchev–Trinajstić information content (AvgIpc) is 3.39. The molecular weight excluding hydrogens is 578 g/mol. The van der Waals surface area contributed by atoms with Crippen LogP contribution in [0.5, 0.6) is 0 Å². The Morgan fingerprint density at radius 3 is 2.48 bits per heavy atom. The number of aliphatic imine (C=N–C) groups is 1. The van der Waals surface area contributed by atoms with Gasteiger partial charge in [-0.25, -0.2) is 4.79 Å². The summed E-state index contributed by atoms with van der Waals surface area (Å²) in [6.45, 7) is 13.0. The van der Waals surface area contributed by atoms with Gasteiger partial charge >= 0.3 is 5.97 Å². The Hall–Kier alpha value is -3.12. The van der Waals surface area contributed by atoms with Gasteiger partial charge in [-0.1, -0.05) is 23.7 Å². The molecule has 0 radical (unpaired) electrons. The Morgan fingerprint density at radius 1 is 1.05 bits per heavy atom. The van der Waals surface area contributed by atoms with E-state index in [1.54, 1.807) is 11.3 Å². The van der Waals surface area contributed by atoms with Gasteiger partial charge in [0.2, 0.25) is 5.91 Å². The maximum Gasteiger partial charge on any atom is 0.332 e. The summed E-state index contributed by atoms with van der Waals surface area (Å²) in [6.07, 6.45) is 0.736. The lowest BCUT2D eigenvalue weighted by molar-refractivity contribution is -0.160. The second kappa shape index (κ2) is 13.9. The van der Waals surface area contributed by atoms with E-state index in [1.165, 1.54) is 4.88 Å².